The molecule has 1 amide bonds. The molecule has 1 aliphatic heterocycles. The fraction of sp³-hybridized carbons (Fsp3) is 0.857. The van der Waals surface area contributed by atoms with Gasteiger partial charge in [-0.25, -0.2) is 4.79 Å². The van der Waals surface area contributed by atoms with E-state index in [0.717, 1.165) is 12.8 Å². The number of hydrogen-bond donors (Lipinski definition) is 1. The Morgan fingerprint density at radius 3 is 2.58 bits per heavy atom. The molecule has 0 bridgehead atoms. The summed E-state index contributed by atoms with van der Waals surface area (Å²) in [7, 11) is 0. The summed E-state index contributed by atoms with van der Waals surface area (Å²) < 4.78 is 5.07. The van der Waals surface area contributed by atoms with Crippen LogP contribution in [0.25, 0.3) is 0 Å². The molecule has 110 valence electrons. The molecule has 2 N–H and O–H groups in total. The Morgan fingerprint density at radius 1 is 1.37 bits per heavy atom. The van der Waals surface area contributed by atoms with Gasteiger partial charge in [0.15, 0.2) is 0 Å². The number of esters is 1. The smallest absolute Gasteiger partial charge is 0.328 e. The zero-order chi connectivity index (χ0) is 14.4. The second-order valence-electron chi connectivity index (χ2n) is 5.38. The maximum atomic E-state index is 12.5. The fourth-order valence-corrected chi connectivity index (χ4v) is 2.55. The lowest BCUT2D eigenvalue weighted by Crippen LogP contribution is -2.52. The van der Waals surface area contributed by atoms with Gasteiger partial charge in [0.2, 0.25) is 5.91 Å². The van der Waals surface area contributed by atoms with Crippen LogP contribution >= 0.6 is 0 Å². The van der Waals surface area contributed by atoms with E-state index in [2.05, 4.69) is 0 Å². The first kappa shape index (κ1) is 16.0. The molecule has 1 rings (SSSR count). The number of piperidine rings is 1. The number of amides is 1. The van der Waals surface area contributed by atoms with Crippen molar-refractivity contribution < 1.29 is 14.3 Å². The summed E-state index contributed by atoms with van der Waals surface area (Å²) in [6.45, 7) is 7.05. The monoisotopic (exact) mass is 270 g/mol. The topological polar surface area (TPSA) is 72.6 Å². The molecule has 0 aromatic heterocycles. The van der Waals surface area contributed by atoms with Crippen LogP contribution in [0.5, 0.6) is 0 Å². The van der Waals surface area contributed by atoms with Gasteiger partial charge in [-0.1, -0.05) is 13.8 Å². The number of nitrogens with two attached hydrogens (primary N) is 1. The summed E-state index contributed by atoms with van der Waals surface area (Å²) in [5.74, 6) is -0.317. The highest BCUT2D eigenvalue weighted by molar-refractivity contribution is 5.86. The molecule has 0 spiro atoms. The van der Waals surface area contributed by atoms with Gasteiger partial charge >= 0.3 is 5.97 Å². The number of hydrogen-bond acceptors (Lipinski definition) is 4. The molecule has 2 unspecified atom stereocenters. The van der Waals surface area contributed by atoms with E-state index >= 15 is 0 Å². The Hall–Kier alpha value is -1.10. The van der Waals surface area contributed by atoms with E-state index in [9.17, 15) is 9.59 Å². The van der Waals surface area contributed by atoms with Gasteiger partial charge < -0.3 is 15.4 Å². The van der Waals surface area contributed by atoms with Crippen LogP contribution in [0.1, 0.15) is 40.0 Å². The maximum Gasteiger partial charge on any atom is 0.328 e. The fourth-order valence-electron chi connectivity index (χ4n) is 2.55. The van der Waals surface area contributed by atoms with Crippen LogP contribution in [0.15, 0.2) is 0 Å². The number of rotatable bonds is 5. The zero-order valence-corrected chi connectivity index (χ0v) is 12.2. The van der Waals surface area contributed by atoms with Crippen molar-refractivity contribution in [3.63, 3.8) is 0 Å². The second kappa shape index (κ2) is 7.48. The zero-order valence-electron chi connectivity index (χ0n) is 12.2. The van der Waals surface area contributed by atoms with E-state index in [-0.39, 0.29) is 23.7 Å². The Morgan fingerprint density at radius 2 is 2.05 bits per heavy atom. The van der Waals surface area contributed by atoms with E-state index in [0.29, 0.717) is 26.1 Å². The normalized spacial score (nSPS) is 21.3. The number of carbonyl (C=O) groups excluding carboxylic acids is 2. The lowest BCUT2D eigenvalue weighted by molar-refractivity contribution is -0.158. The van der Waals surface area contributed by atoms with Crippen LogP contribution in [0, 0.1) is 11.8 Å². The molecule has 0 radical (unpaired) electrons. The third kappa shape index (κ3) is 3.93. The first-order chi connectivity index (χ1) is 9.02. The van der Waals surface area contributed by atoms with Gasteiger partial charge in [-0.2, -0.15) is 0 Å². The Kier molecular flexibility index (Phi) is 6.28. The minimum absolute atomic E-state index is 0.00440. The van der Waals surface area contributed by atoms with Crippen molar-refractivity contribution in [3.8, 4) is 0 Å². The van der Waals surface area contributed by atoms with Crippen LogP contribution in [-0.4, -0.2) is 42.5 Å². The summed E-state index contributed by atoms with van der Waals surface area (Å²) in [6.07, 6.45) is 2.60. The molecule has 0 aliphatic carbocycles. The lowest BCUT2D eigenvalue weighted by Gasteiger charge is -2.37. The van der Waals surface area contributed by atoms with E-state index in [4.69, 9.17) is 10.5 Å². The predicted octanol–water partition coefficient (Wildman–Crippen LogP) is 1.16. The molecule has 2 atom stereocenters. The molecule has 1 aliphatic rings. The first-order valence-corrected chi connectivity index (χ1v) is 7.20. The van der Waals surface area contributed by atoms with Crippen LogP contribution < -0.4 is 5.73 Å². The Bertz CT molecular complexity index is 318. The minimum atomic E-state index is -0.422. The van der Waals surface area contributed by atoms with Crippen molar-refractivity contribution in [1.29, 1.82) is 0 Å². The minimum Gasteiger partial charge on any atom is -0.464 e. The maximum absolute atomic E-state index is 12.5. The summed E-state index contributed by atoms with van der Waals surface area (Å²) in [5, 5.41) is 0. The highest BCUT2D eigenvalue weighted by Crippen LogP contribution is 2.23. The molecule has 19 heavy (non-hydrogen) atoms. The third-order valence-corrected chi connectivity index (χ3v) is 3.72. The number of nitrogens with zero attached hydrogens (tertiary/aromatic N) is 1. The van der Waals surface area contributed by atoms with Gasteiger partial charge in [-0.3, -0.25) is 4.79 Å². The van der Waals surface area contributed by atoms with E-state index in [1.54, 1.807) is 11.8 Å². The summed E-state index contributed by atoms with van der Waals surface area (Å²) in [6, 6.07) is -0.422. The molecule has 5 heteroatoms. The molecule has 1 heterocycles. The highest BCUT2D eigenvalue weighted by Gasteiger charge is 2.36. The van der Waals surface area contributed by atoms with Gasteiger partial charge in [0, 0.05) is 13.1 Å². The SMILES string of the molecule is CCOC(=O)C1CCCCN1C(=O)C(CN)C(C)C. The van der Waals surface area contributed by atoms with Crippen LogP contribution in [0.3, 0.4) is 0 Å². The van der Waals surface area contributed by atoms with E-state index < -0.39 is 6.04 Å². The van der Waals surface area contributed by atoms with E-state index in [1.807, 2.05) is 13.8 Å². The van der Waals surface area contributed by atoms with Crippen molar-refractivity contribution in [2.75, 3.05) is 19.7 Å². The average Bonchev–Trinajstić information content (AvgIpc) is 2.39. The molecule has 0 saturated carbocycles. The standard InChI is InChI=1S/C14H26N2O3/c1-4-19-14(18)12-7-5-6-8-16(12)13(17)11(9-15)10(2)3/h10-12H,4-9,15H2,1-3H3. The molecule has 0 aromatic rings. The van der Waals surface area contributed by atoms with Crippen molar-refractivity contribution in [2.24, 2.45) is 17.6 Å². The van der Waals surface area contributed by atoms with Crippen LogP contribution in [0.2, 0.25) is 0 Å². The van der Waals surface area contributed by atoms with Crippen molar-refractivity contribution >= 4 is 11.9 Å². The molecule has 0 aromatic carbocycles. The molecule has 5 nitrogen and oxygen atoms in total. The lowest BCUT2D eigenvalue weighted by atomic mass is 9.92. The quantitative estimate of drug-likeness (QED) is 0.761. The van der Waals surface area contributed by atoms with Crippen LogP contribution in [0.4, 0.5) is 0 Å². The molecule has 1 saturated heterocycles. The van der Waals surface area contributed by atoms with Crippen LogP contribution in [-0.2, 0) is 14.3 Å². The number of ether oxygens (including phenoxy) is 1. The Balaban J connectivity index is 2.81. The first-order valence-electron chi connectivity index (χ1n) is 7.20. The molecular formula is C14H26N2O3. The van der Waals surface area contributed by atoms with Crippen molar-refractivity contribution in [3.05, 3.63) is 0 Å². The number of carbonyl (C=O) groups is 2. The third-order valence-electron chi connectivity index (χ3n) is 3.72. The van der Waals surface area contributed by atoms with Gasteiger partial charge in [0.05, 0.1) is 12.5 Å². The Labute approximate surface area is 115 Å². The molecule has 1 fully saturated rings. The van der Waals surface area contributed by atoms with Gasteiger partial charge in [-0.05, 0) is 32.1 Å². The van der Waals surface area contributed by atoms with Gasteiger partial charge in [0.1, 0.15) is 6.04 Å². The predicted molar refractivity (Wildman–Crippen MR) is 73.4 cm³/mol. The largest absolute Gasteiger partial charge is 0.464 e. The van der Waals surface area contributed by atoms with E-state index in [1.165, 1.54) is 0 Å². The number of likely N-dealkylation sites (tertiary alicyclic amines) is 1. The van der Waals surface area contributed by atoms with Crippen molar-refractivity contribution in [1.82, 2.24) is 4.90 Å². The average molecular weight is 270 g/mol. The van der Waals surface area contributed by atoms with Gasteiger partial charge in [-0.15, -0.1) is 0 Å². The second-order valence-corrected chi connectivity index (χ2v) is 5.38. The molecular weight excluding hydrogens is 244 g/mol. The summed E-state index contributed by atoms with van der Waals surface area (Å²) in [5.41, 5.74) is 5.70. The summed E-state index contributed by atoms with van der Waals surface area (Å²) in [4.78, 5) is 26.2. The van der Waals surface area contributed by atoms with Crippen molar-refractivity contribution in [2.45, 2.75) is 46.1 Å². The highest BCUT2D eigenvalue weighted by atomic mass is 16.5. The summed E-state index contributed by atoms with van der Waals surface area (Å²) >= 11 is 0. The van der Waals surface area contributed by atoms with Gasteiger partial charge in [0.25, 0.3) is 0 Å².